The first-order valence-electron chi connectivity index (χ1n) is 6.66. The molecule has 0 atom stereocenters. The van der Waals surface area contributed by atoms with Gasteiger partial charge in [0.15, 0.2) is 0 Å². The van der Waals surface area contributed by atoms with Crippen LogP contribution in [0.1, 0.15) is 11.3 Å². The summed E-state index contributed by atoms with van der Waals surface area (Å²) >= 11 is 12.2. The third-order valence-electron chi connectivity index (χ3n) is 3.60. The minimum Gasteiger partial charge on any atom is -0.381 e. The number of halogens is 2. The molecule has 0 unspecified atom stereocenters. The van der Waals surface area contributed by atoms with E-state index < -0.39 is 0 Å². The smallest absolute Gasteiger partial charge is 0.111 e. The van der Waals surface area contributed by atoms with Crippen LogP contribution in [-0.4, -0.2) is 9.78 Å². The minimum atomic E-state index is 0.662. The lowest BCUT2D eigenvalue weighted by atomic mass is 10.2. The van der Waals surface area contributed by atoms with Crippen LogP contribution in [0.25, 0.3) is 10.9 Å². The van der Waals surface area contributed by atoms with Crippen molar-refractivity contribution < 1.29 is 0 Å². The minimum absolute atomic E-state index is 0.662. The van der Waals surface area contributed by atoms with Gasteiger partial charge in [-0.15, -0.1) is 0 Å². The van der Waals surface area contributed by atoms with Crippen molar-refractivity contribution in [1.82, 2.24) is 9.78 Å². The molecule has 5 heteroatoms. The van der Waals surface area contributed by atoms with E-state index in [4.69, 9.17) is 23.2 Å². The predicted molar refractivity (Wildman–Crippen MR) is 89.2 cm³/mol. The SMILES string of the molecule is Cc1c2cc(NCc3ccc(Cl)cc3)cc(Cl)c2nn1C. The molecule has 21 heavy (non-hydrogen) atoms. The fourth-order valence-corrected chi connectivity index (χ4v) is 2.67. The maximum absolute atomic E-state index is 6.32. The Morgan fingerprint density at radius 2 is 1.86 bits per heavy atom. The summed E-state index contributed by atoms with van der Waals surface area (Å²) in [5.41, 5.74) is 4.09. The summed E-state index contributed by atoms with van der Waals surface area (Å²) in [5.74, 6) is 0. The van der Waals surface area contributed by atoms with Crippen LogP contribution in [0.5, 0.6) is 0 Å². The van der Waals surface area contributed by atoms with Gasteiger partial charge in [-0.1, -0.05) is 35.3 Å². The Morgan fingerprint density at radius 3 is 2.57 bits per heavy atom. The molecule has 0 spiro atoms. The van der Waals surface area contributed by atoms with E-state index in [9.17, 15) is 0 Å². The molecule has 0 fully saturated rings. The van der Waals surface area contributed by atoms with Gasteiger partial charge in [-0.2, -0.15) is 5.10 Å². The van der Waals surface area contributed by atoms with E-state index in [0.29, 0.717) is 5.02 Å². The maximum Gasteiger partial charge on any atom is 0.111 e. The monoisotopic (exact) mass is 319 g/mol. The van der Waals surface area contributed by atoms with Gasteiger partial charge < -0.3 is 5.32 Å². The van der Waals surface area contributed by atoms with Crippen molar-refractivity contribution in [2.24, 2.45) is 7.05 Å². The second kappa shape index (κ2) is 5.58. The lowest BCUT2D eigenvalue weighted by molar-refractivity contribution is 0.751. The van der Waals surface area contributed by atoms with Crippen LogP contribution in [-0.2, 0) is 13.6 Å². The topological polar surface area (TPSA) is 29.9 Å². The molecule has 3 aromatic rings. The van der Waals surface area contributed by atoms with Crippen molar-refractivity contribution in [3.05, 3.63) is 57.7 Å². The molecule has 0 amide bonds. The molecular weight excluding hydrogens is 305 g/mol. The van der Waals surface area contributed by atoms with Crippen LogP contribution in [0.3, 0.4) is 0 Å². The zero-order valence-corrected chi connectivity index (χ0v) is 13.3. The van der Waals surface area contributed by atoms with Crippen LogP contribution < -0.4 is 5.32 Å². The highest BCUT2D eigenvalue weighted by atomic mass is 35.5. The number of aromatic nitrogens is 2. The summed E-state index contributed by atoms with van der Waals surface area (Å²) in [6.45, 7) is 2.76. The van der Waals surface area contributed by atoms with E-state index in [2.05, 4.69) is 16.5 Å². The quantitative estimate of drug-likeness (QED) is 0.751. The van der Waals surface area contributed by atoms with Gasteiger partial charge in [0.1, 0.15) is 5.52 Å². The summed E-state index contributed by atoms with van der Waals surface area (Å²) in [4.78, 5) is 0. The molecular formula is C16H15Cl2N3. The first kappa shape index (κ1) is 14.2. The van der Waals surface area contributed by atoms with Gasteiger partial charge in [-0.25, -0.2) is 0 Å². The Kier molecular flexibility index (Phi) is 3.79. The fraction of sp³-hybridized carbons (Fsp3) is 0.188. The summed E-state index contributed by atoms with van der Waals surface area (Å²) in [6, 6.07) is 11.8. The number of nitrogens with zero attached hydrogens (tertiary/aromatic N) is 2. The molecule has 1 N–H and O–H groups in total. The molecule has 2 aromatic carbocycles. The van der Waals surface area contributed by atoms with Gasteiger partial charge in [0.2, 0.25) is 0 Å². The molecule has 0 aliphatic rings. The molecule has 0 aliphatic carbocycles. The van der Waals surface area contributed by atoms with Gasteiger partial charge in [-0.05, 0) is 36.8 Å². The second-order valence-corrected chi connectivity index (χ2v) is 5.89. The Bertz CT molecular complexity index is 791. The van der Waals surface area contributed by atoms with Crippen molar-refractivity contribution in [2.75, 3.05) is 5.32 Å². The second-order valence-electron chi connectivity index (χ2n) is 5.04. The van der Waals surface area contributed by atoms with Crippen molar-refractivity contribution >= 4 is 39.8 Å². The van der Waals surface area contributed by atoms with Gasteiger partial charge in [0.25, 0.3) is 0 Å². The largest absolute Gasteiger partial charge is 0.381 e. The molecule has 1 heterocycles. The molecule has 1 aromatic heterocycles. The number of fused-ring (bicyclic) bond motifs is 1. The average molecular weight is 320 g/mol. The van der Waals surface area contributed by atoms with Crippen LogP contribution in [0.2, 0.25) is 10.0 Å². The molecule has 0 saturated carbocycles. The van der Waals surface area contributed by atoms with Crippen molar-refractivity contribution in [2.45, 2.75) is 13.5 Å². The zero-order valence-electron chi connectivity index (χ0n) is 11.8. The molecule has 0 saturated heterocycles. The average Bonchev–Trinajstić information content (AvgIpc) is 2.75. The molecule has 108 valence electrons. The Labute approximate surface area is 133 Å². The number of hydrogen-bond donors (Lipinski definition) is 1. The van der Waals surface area contributed by atoms with Crippen molar-refractivity contribution in [3.63, 3.8) is 0 Å². The first-order chi connectivity index (χ1) is 10.0. The fourth-order valence-electron chi connectivity index (χ4n) is 2.28. The van der Waals surface area contributed by atoms with Gasteiger partial charge >= 0.3 is 0 Å². The Morgan fingerprint density at radius 1 is 1.14 bits per heavy atom. The normalized spacial score (nSPS) is 11.0. The van der Waals surface area contributed by atoms with Gasteiger partial charge in [-0.3, -0.25) is 4.68 Å². The highest BCUT2D eigenvalue weighted by Gasteiger charge is 2.10. The lowest BCUT2D eigenvalue weighted by Gasteiger charge is -2.08. The number of aryl methyl sites for hydroxylation is 2. The van der Waals surface area contributed by atoms with E-state index in [1.807, 2.05) is 49.0 Å². The van der Waals surface area contributed by atoms with E-state index in [1.54, 1.807) is 0 Å². The first-order valence-corrected chi connectivity index (χ1v) is 7.41. The number of nitrogens with one attached hydrogen (secondary N) is 1. The molecule has 0 bridgehead atoms. The Hall–Kier alpha value is -1.71. The number of benzene rings is 2. The zero-order chi connectivity index (χ0) is 15.0. The molecule has 3 rings (SSSR count). The lowest BCUT2D eigenvalue weighted by Crippen LogP contribution is -1.99. The van der Waals surface area contributed by atoms with Crippen LogP contribution in [0, 0.1) is 6.92 Å². The maximum atomic E-state index is 6.32. The van der Waals surface area contributed by atoms with Gasteiger partial charge in [0, 0.05) is 35.4 Å². The summed E-state index contributed by atoms with van der Waals surface area (Å²) < 4.78 is 1.85. The molecule has 0 aliphatic heterocycles. The number of rotatable bonds is 3. The van der Waals surface area contributed by atoms with Crippen LogP contribution in [0.4, 0.5) is 5.69 Å². The van der Waals surface area contributed by atoms with Crippen LogP contribution in [0.15, 0.2) is 36.4 Å². The van der Waals surface area contributed by atoms with E-state index in [-0.39, 0.29) is 0 Å². The molecule has 0 radical (unpaired) electrons. The van der Waals surface area contributed by atoms with Crippen LogP contribution >= 0.6 is 23.2 Å². The van der Waals surface area contributed by atoms with Gasteiger partial charge in [0.05, 0.1) is 5.02 Å². The predicted octanol–water partition coefficient (Wildman–Crippen LogP) is 4.80. The third kappa shape index (κ3) is 2.85. The van der Waals surface area contributed by atoms with E-state index in [1.165, 1.54) is 5.56 Å². The Balaban J connectivity index is 1.87. The summed E-state index contributed by atoms with van der Waals surface area (Å²) in [7, 11) is 1.92. The van der Waals surface area contributed by atoms with E-state index >= 15 is 0 Å². The van der Waals surface area contributed by atoms with E-state index in [0.717, 1.165) is 33.9 Å². The summed E-state index contributed by atoms with van der Waals surface area (Å²) in [6.07, 6.45) is 0. The third-order valence-corrected chi connectivity index (χ3v) is 4.14. The highest BCUT2D eigenvalue weighted by molar-refractivity contribution is 6.35. The number of anilines is 1. The standard InChI is InChI=1S/C16H15Cl2N3/c1-10-14-7-13(8-15(18)16(14)20-21(10)2)19-9-11-3-5-12(17)6-4-11/h3-8,19H,9H2,1-2H3. The van der Waals surface area contributed by atoms with Crippen molar-refractivity contribution in [3.8, 4) is 0 Å². The molecule has 3 nitrogen and oxygen atoms in total. The number of hydrogen-bond acceptors (Lipinski definition) is 2. The van der Waals surface area contributed by atoms with Crippen molar-refractivity contribution in [1.29, 1.82) is 0 Å². The summed E-state index contributed by atoms with van der Waals surface area (Å²) in [5, 5.41) is 10.3. The highest BCUT2D eigenvalue weighted by Crippen LogP contribution is 2.29.